The average molecular weight is 233 g/mol. The van der Waals surface area contributed by atoms with E-state index in [9.17, 15) is 4.39 Å². The molecule has 3 aromatic rings. The van der Waals surface area contributed by atoms with Crippen molar-refractivity contribution in [3.8, 4) is 5.69 Å². The van der Waals surface area contributed by atoms with Gasteiger partial charge >= 0.3 is 0 Å². The largest absolute Gasteiger partial charge is 0.331 e. The summed E-state index contributed by atoms with van der Waals surface area (Å²) in [5.74, 6) is -0.290. The first-order chi connectivity index (χ1) is 7.74. The molecule has 0 unspecified atom stereocenters. The van der Waals surface area contributed by atoms with Crippen LogP contribution in [-0.2, 0) is 0 Å². The smallest absolute Gasteiger partial charge is 0.175 e. The van der Waals surface area contributed by atoms with E-state index in [1.807, 2.05) is 29.1 Å². The lowest BCUT2D eigenvalue weighted by atomic mass is 10.2. The maximum atomic E-state index is 13.4. The summed E-state index contributed by atoms with van der Waals surface area (Å²) in [6.45, 7) is 0. The number of hydrogen-bond donors (Lipinski definition) is 2. The van der Waals surface area contributed by atoms with Crippen LogP contribution in [0, 0.1) is 10.6 Å². The third kappa shape index (κ3) is 1.37. The van der Waals surface area contributed by atoms with Gasteiger partial charge in [0.1, 0.15) is 5.82 Å². The lowest BCUT2D eigenvalue weighted by molar-refractivity contribution is 0.628. The van der Waals surface area contributed by atoms with Crippen LogP contribution in [0.2, 0.25) is 0 Å². The Morgan fingerprint density at radius 2 is 1.88 bits per heavy atom. The molecule has 0 saturated heterocycles. The van der Waals surface area contributed by atoms with Gasteiger partial charge in [-0.25, -0.2) is 4.39 Å². The van der Waals surface area contributed by atoms with Crippen LogP contribution in [0.4, 0.5) is 4.39 Å². The monoisotopic (exact) mass is 233 g/mol. The van der Waals surface area contributed by atoms with Gasteiger partial charge in [-0.3, -0.25) is 0 Å². The molecule has 80 valence electrons. The molecule has 1 aromatic carbocycles. The minimum Gasteiger partial charge on any atom is -0.331 e. The molecule has 0 atom stereocenters. The second-order valence-corrected chi connectivity index (χ2v) is 3.93. The minimum absolute atomic E-state index is 0.290. The Hall–Kier alpha value is -1.88. The SMILES string of the molecule is Fc1cc(-n2cccc2)c2[nH]c(=S)[nH]c2c1. The predicted molar refractivity (Wildman–Crippen MR) is 62.8 cm³/mol. The molecule has 0 spiro atoms. The highest BCUT2D eigenvalue weighted by atomic mass is 32.1. The van der Waals surface area contributed by atoms with E-state index in [0.29, 0.717) is 10.3 Å². The molecule has 5 heteroatoms. The van der Waals surface area contributed by atoms with E-state index < -0.39 is 0 Å². The molecule has 0 amide bonds. The van der Waals surface area contributed by atoms with Crippen LogP contribution >= 0.6 is 12.2 Å². The van der Waals surface area contributed by atoms with Crippen molar-refractivity contribution in [3.63, 3.8) is 0 Å². The molecule has 2 N–H and O–H groups in total. The fraction of sp³-hybridized carbons (Fsp3) is 0. The highest BCUT2D eigenvalue weighted by molar-refractivity contribution is 7.71. The highest BCUT2D eigenvalue weighted by Crippen LogP contribution is 2.21. The molecule has 2 aromatic heterocycles. The molecular weight excluding hydrogens is 225 g/mol. The topological polar surface area (TPSA) is 36.5 Å². The van der Waals surface area contributed by atoms with Gasteiger partial charge in [-0.1, -0.05) is 0 Å². The van der Waals surface area contributed by atoms with Crippen molar-refractivity contribution in [1.82, 2.24) is 14.5 Å². The zero-order chi connectivity index (χ0) is 11.1. The Morgan fingerprint density at radius 1 is 1.12 bits per heavy atom. The van der Waals surface area contributed by atoms with Crippen LogP contribution in [0.25, 0.3) is 16.7 Å². The van der Waals surface area contributed by atoms with Gasteiger partial charge in [0.15, 0.2) is 4.77 Å². The van der Waals surface area contributed by atoms with Crippen LogP contribution in [0.3, 0.4) is 0 Å². The zero-order valence-corrected chi connectivity index (χ0v) is 9.01. The first-order valence-corrected chi connectivity index (χ1v) is 5.20. The minimum atomic E-state index is -0.290. The Balaban J connectivity index is 2.42. The number of aromatic amines is 2. The van der Waals surface area contributed by atoms with E-state index in [0.717, 1.165) is 11.2 Å². The molecule has 16 heavy (non-hydrogen) atoms. The maximum absolute atomic E-state index is 13.4. The standard InChI is InChI=1S/C11H8FN3S/c12-7-5-8-10(14-11(16)13-8)9(6-7)15-3-1-2-4-15/h1-6H,(H2,13,14,16). The van der Waals surface area contributed by atoms with Crippen LogP contribution in [-0.4, -0.2) is 14.5 Å². The van der Waals surface area contributed by atoms with E-state index in [1.54, 1.807) is 0 Å². The van der Waals surface area contributed by atoms with Crippen molar-refractivity contribution in [1.29, 1.82) is 0 Å². The number of rotatable bonds is 1. The van der Waals surface area contributed by atoms with Crippen molar-refractivity contribution in [2.24, 2.45) is 0 Å². The number of halogens is 1. The summed E-state index contributed by atoms with van der Waals surface area (Å²) < 4.78 is 15.7. The molecule has 0 aliphatic carbocycles. The lowest BCUT2D eigenvalue weighted by Gasteiger charge is -2.04. The second-order valence-electron chi connectivity index (χ2n) is 3.52. The molecule has 3 nitrogen and oxygen atoms in total. The fourth-order valence-corrected chi connectivity index (χ4v) is 2.00. The van der Waals surface area contributed by atoms with E-state index in [4.69, 9.17) is 12.2 Å². The van der Waals surface area contributed by atoms with Gasteiger partial charge in [-0.15, -0.1) is 0 Å². The Labute approximate surface area is 95.5 Å². The lowest BCUT2D eigenvalue weighted by Crippen LogP contribution is -1.92. The third-order valence-corrected chi connectivity index (χ3v) is 2.66. The molecule has 2 heterocycles. The summed E-state index contributed by atoms with van der Waals surface area (Å²) in [4.78, 5) is 5.92. The van der Waals surface area contributed by atoms with Crippen LogP contribution in [0.5, 0.6) is 0 Å². The van der Waals surface area contributed by atoms with Gasteiger partial charge in [0.25, 0.3) is 0 Å². The molecule has 3 rings (SSSR count). The maximum Gasteiger partial charge on any atom is 0.175 e. The average Bonchev–Trinajstić information content (AvgIpc) is 2.83. The Kier molecular flexibility index (Phi) is 1.94. The molecule has 0 fully saturated rings. The quantitative estimate of drug-likeness (QED) is 0.622. The molecule has 0 radical (unpaired) electrons. The van der Waals surface area contributed by atoms with Gasteiger partial charge < -0.3 is 14.5 Å². The number of imidazole rings is 1. The van der Waals surface area contributed by atoms with Crippen LogP contribution < -0.4 is 0 Å². The number of benzene rings is 1. The van der Waals surface area contributed by atoms with Crippen molar-refractivity contribution >= 4 is 23.3 Å². The van der Waals surface area contributed by atoms with Crippen molar-refractivity contribution in [3.05, 3.63) is 47.2 Å². The summed E-state index contributed by atoms with van der Waals surface area (Å²) in [5.41, 5.74) is 2.23. The summed E-state index contributed by atoms with van der Waals surface area (Å²) in [6, 6.07) is 6.67. The van der Waals surface area contributed by atoms with Crippen LogP contribution in [0.15, 0.2) is 36.7 Å². The number of hydrogen-bond acceptors (Lipinski definition) is 1. The second kappa shape index (κ2) is 3.31. The van der Waals surface area contributed by atoms with E-state index in [2.05, 4.69) is 9.97 Å². The van der Waals surface area contributed by atoms with Gasteiger partial charge in [-0.05, 0) is 30.4 Å². The number of aromatic nitrogens is 3. The van der Waals surface area contributed by atoms with E-state index in [-0.39, 0.29) is 5.82 Å². The first-order valence-electron chi connectivity index (χ1n) is 4.79. The van der Waals surface area contributed by atoms with Gasteiger partial charge in [-0.2, -0.15) is 0 Å². The van der Waals surface area contributed by atoms with Crippen LogP contribution in [0.1, 0.15) is 0 Å². The predicted octanol–water partition coefficient (Wildman–Crippen LogP) is 3.16. The Bertz CT molecular complexity index is 694. The molecule has 0 bridgehead atoms. The number of H-pyrrole nitrogens is 2. The first kappa shape index (κ1) is 9.35. The summed E-state index contributed by atoms with van der Waals surface area (Å²) in [7, 11) is 0. The van der Waals surface area contributed by atoms with E-state index in [1.165, 1.54) is 12.1 Å². The summed E-state index contributed by atoms with van der Waals surface area (Å²) in [5, 5.41) is 0. The van der Waals surface area contributed by atoms with Gasteiger partial charge in [0.05, 0.1) is 16.7 Å². The molecular formula is C11H8FN3S. The molecule has 0 saturated carbocycles. The van der Waals surface area contributed by atoms with Crippen molar-refractivity contribution in [2.75, 3.05) is 0 Å². The zero-order valence-electron chi connectivity index (χ0n) is 8.20. The third-order valence-electron chi connectivity index (χ3n) is 2.45. The number of nitrogens with zero attached hydrogens (tertiary/aromatic N) is 1. The fourth-order valence-electron chi connectivity index (χ4n) is 1.79. The Morgan fingerprint density at radius 3 is 2.62 bits per heavy atom. The van der Waals surface area contributed by atoms with E-state index >= 15 is 0 Å². The van der Waals surface area contributed by atoms with Crippen molar-refractivity contribution < 1.29 is 4.39 Å². The molecule has 0 aliphatic rings. The summed E-state index contributed by atoms with van der Waals surface area (Å²) >= 11 is 5.00. The number of fused-ring (bicyclic) bond motifs is 1. The number of nitrogens with one attached hydrogen (secondary N) is 2. The molecule has 0 aliphatic heterocycles. The van der Waals surface area contributed by atoms with Gasteiger partial charge in [0.2, 0.25) is 0 Å². The highest BCUT2D eigenvalue weighted by Gasteiger charge is 2.07. The normalized spacial score (nSPS) is 11.1. The van der Waals surface area contributed by atoms with Gasteiger partial charge in [0, 0.05) is 18.5 Å². The summed E-state index contributed by atoms with van der Waals surface area (Å²) in [6.07, 6.45) is 3.72. The van der Waals surface area contributed by atoms with Crippen molar-refractivity contribution in [2.45, 2.75) is 0 Å².